The van der Waals surface area contributed by atoms with Crippen LogP contribution in [0.2, 0.25) is 0 Å². The molecule has 0 aromatic carbocycles. The van der Waals surface area contributed by atoms with Crippen molar-refractivity contribution in [2.45, 2.75) is 19.8 Å². The summed E-state index contributed by atoms with van der Waals surface area (Å²) >= 11 is 0. The first-order valence-electron chi connectivity index (χ1n) is 4.27. The monoisotopic (exact) mass is 137 g/mol. The van der Waals surface area contributed by atoms with Crippen LogP contribution in [-0.4, -0.2) is 13.1 Å². The normalized spacial score (nSPS) is 39.1. The van der Waals surface area contributed by atoms with Gasteiger partial charge in [-0.3, -0.25) is 0 Å². The number of hydrogen-bond donors (Lipinski definition) is 1. The van der Waals surface area contributed by atoms with Gasteiger partial charge in [-0.1, -0.05) is 18.6 Å². The highest BCUT2D eigenvalue weighted by Crippen LogP contribution is 2.29. The molecule has 0 unspecified atom stereocenters. The van der Waals surface area contributed by atoms with Crippen molar-refractivity contribution in [2.75, 3.05) is 13.1 Å². The van der Waals surface area contributed by atoms with Gasteiger partial charge < -0.3 is 5.32 Å². The molecule has 2 rings (SSSR count). The van der Waals surface area contributed by atoms with Gasteiger partial charge in [0, 0.05) is 13.1 Å². The average molecular weight is 137 g/mol. The minimum atomic E-state index is 0.839. The van der Waals surface area contributed by atoms with E-state index < -0.39 is 0 Å². The molecule has 0 aromatic heterocycles. The van der Waals surface area contributed by atoms with Crippen molar-refractivity contribution < 1.29 is 0 Å². The summed E-state index contributed by atoms with van der Waals surface area (Å²) in [5.74, 6) is 1.74. The fourth-order valence-electron chi connectivity index (χ4n) is 2.06. The second-order valence-electron chi connectivity index (χ2n) is 3.62. The van der Waals surface area contributed by atoms with Gasteiger partial charge in [-0.2, -0.15) is 0 Å². The molecule has 0 aromatic rings. The van der Waals surface area contributed by atoms with Crippen LogP contribution in [0.15, 0.2) is 11.6 Å². The minimum Gasteiger partial charge on any atom is -0.312 e. The van der Waals surface area contributed by atoms with E-state index in [0.717, 1.165) is 18.4 Å². The maximum atomic E-state index is 3.42. The quantitative estimate of drug-likeness (QED) is 0.500. The van der Waals surface area contributed by atoms with Crippen LogP contribution in [0.25, 0.3) is 0 Å². The van der Waals surface area contributed by atoms with Crippen molar-refractivity contribution >= 4 is 0 Å². The number of nitrogens with one attached hydrogen (secondary N) is 1. The van der Waals surface area contributed by atoms with E-state index in [9.17, 15) is 0 Å². The Morgan fingerprint density at radius 1 is 1.50 bits per heavy atom. The van der Waals surface area contributed by atoms with Gasteiger partial charge in [0.25, 0.3) is 0 Å². The van der Waals surface area contributed by atoms with Gasteiger partial charge in [-0.15, -0.1) is 0 Å². The van der Waals surface area contributed by atoms with Crippen molar-refractivity contribution in [1.82, 2.24) is 5.32 Å². The number of rotatable bonds is 0. The van der Waals surface area contributed by atoms with E-state index in [1.165, 1.54) is 19.4 Å². The first-order chi connectivity index (χ1) is 4.86. The molecule has 0 bridgehead atoms. The molecule has 56 valence electrons. The predicted molar refractivity (Wildman–Crippen MR) is 42.8 cm³/mol. The Bertz CT molecular complexity index is 160. The third-order valence-corrected chi connectivity index (χ3v) is 2.71. The van der Waals surface area contributed by atoms with Crippen LogP contribution < -0.4 is 5.32 Å². The van der Waals surface area contributed by atoms with Crippen LogP contribution in [0.5, 0.6) is 0 Å². The molecule has 0 spiro atoms. The standard InChI is InChI=1S/C9H15N/c1-7-2-3-8-5-10-6-9(8)4-7/h4,7-8,10H,2-3,5-6H2,1H3/t7-,8-/m0/s1. The van der Waals surface area contributed by atoms with Crippen LogP contribution in [0.4, 0.5) is 0 Å². The summed E-state index contributed by atoms with van der Waals surface area (Å²) < 4.78 is 0. The van der Waals surface area contributed by atoms with Crippen molar-refractivity contribution in [1.29, 1.82) is 0 Å². The SMILES string of the molecule is C[C@@H]1C=C2CNC[C@@H]2CC1. The highest BCUT2D eigenvalue weighted by atomic mass is 14.9. The fourth-order valence-corrected chi connectivity index (χ4v) is 2.06. The Kier molecular flexibility index (Phi) is 1.53. The van der Waals surface area contributed by atoms with Gasteiger partial charge in [-0.05, 0) is 24.7 Å². The molecular weight excluding hydrogens is 122 g/mol. The largest absolute Gasteiger partial charge is 0.312 e. The van der Waals surface area contributed by atoms with E-state index in [4.69, 9.17) is 0 Å². The van der Waals surface area contributed by atoms with Crippen LogP contribution >= 0.6 is 0 Å². The smallest absolute Gasteiger partial charge is 0.0168 e. The molecule has 1 aliphatic carbocycles. The first kappa shape index (κ1) is 6.41. The van der Waals surface area contributed by atoms with Crippen molar-refractivity contribution in [3.8, 4) is 0 Å². The molecule has 0 amide bonds. The topological polar surface area (TPSA) is 12.0 Å². The van der Waals surface area contributed by atoms with Gasteiger partial charge in [0.2, 0.25) is 0 Å². The fraction of sp³-hybridized carbons (Fsp3) is 0.778. The highest BCUT2D eigenvalue weighted by molar-refractivity contribution is 5.17. The molecule has 1 saturated heterocycles. The average Bonchev–Trinajstić information content (AvgIpc) is 2.33. The highest BCUT2D eigenvalue weighted by Gasteiger charge is 2.24. The molecule has 0 saturated carbocycles. The maximum Gasteiger partial charge on any atom is 0.0168 e. The van der Waals surface area contributed by atoms with Crippen molar-refractivity contribution in [2.24, 2.45) is 11.8 Å². The molecule has 2 aliphatic rings. The van der Waals surface area contributed by atoms with Gasteiger partial charge in [0.05, 0.1) is 0 Å². The van der Waals surface area contributed by atoms with Gasteiger partial charge in [0.1, 0.15) is 0 Å². The number of allylic oxidation sites excluding steroid dienone is 1. The molecule has 2 atom stereocenters. The van der Waals surface area contributed by atoms with Gasteiger partial charge in [0.15, 0.2) is 0 Å². The summed E-state index contributed by atoms with van der Waals surface area (Å²) in [4.78, 5) is 0. The zero-order valence-corrected chi connectivity index (χ0v) is 6.56. The summed E-state index contributed by atoms with van der Waals surface area (Å²) in [5.41, 5.74) is 1.68. The Morgan fingerprint density at radius 3 is 3.30 bits per heavy atom. The van der Waals surface area contributed by atoms with E-state index in [-0.39, 0.29) is 0 Å². The van der Waals surface area contributed by atoms with Crippen LogP contribution in [0.3, 0.4) is 0 Å². The summed E-state index contributed by atoms with van der Waals surface area (Å²) in [6, 6.07) is 0. The van der Waals surface area contributed by atoms with Crippen LogP contribution in [-0.2, 0) is 0 Å². The molecule has 1 fully saturated rings. The van der Waals surface area contributed by atoms with Crippen LogP contribution in [0.1, 0.15) is 19.8 Å². The number of fused-ring (bicyclic) bond motifs is 1. The molecule has 0 radical (unpaired) electrons. The van der Waals surface area contributed by atoms with E-state index in [1.807, 2.05) is 0 Å². The molecule has 10 heavy (non-hydrogen) atoms. The molecule has 1 N–H and O–H groups in total. The lowest BCUT2D eigenvalue weighted by molar-refractivity contribution is 0.479. The van der Waals surface area contributed by atoms with Crippen LogP contribution in [0, 0.1) is 11.8 Å². The molecule has 1 aliphatic heterocycles. The maximum absolute atomic E-state index is 3.42. The summed E-state index contributed by atoms with van der Waals surface area (Å²) in [6.45, 7) is 4.72. The van der Waals surface area contributed by atoms with Crippen molar-refractivity contribution in [3.05, 3.63) is 11.6 Å². The first-order valence-corrected chi connectivity index (χ1v) is 4.27. The van der Waals surface area contributed by atoms with E-state index in [0.29, 0.717) is 0 Å². The number of hydrogen-bond acceptors (Lipinski definition) is 1. The Morgan fingerprint density at radius 2 is 2.40 bits per heavy atom. The Hall–Kier alpha value is -0.300. The van der Waals surface area contributed by atoms with E-state index in [1.54, 1.807) is 5.57 Å². The van der Waals surface area contributed by atoms with Crippen molar-refractivity contribution in [3.63, 3.8) is 0 Å². The minimum absolute atomic E-state index is 0.839. The summed E-state index contributed by atoms with van der Waals surface area (Å²) in [7, 11) is 0. The molecule has 1 heteroatoms. The second kappa shape index (κ2) is 2.39. The lowest BCUT2D eigenvalue weighted by Gasteiger charge is -2.20. The predicted octanol–water partition coefficient (Wildman–Crippen LogP) is 1.56. The van der Waals surface area contributed by atoms with Gasteiger partial charge in [-0.25, -0.2) is 0 Å². The zero-order chi connectivity index (χ0) is 6.97. The Balaban J connectivity index is 2.16. The Labute approximate surface area is 62.5 Å². The molecule has 1 nitrogen and oxygen atoms in total. The lowest BCUT2D eigenvalue weighted by Crippen LogP contribution is -2.11. The summed E-state index contributed by atoms with van der Waals surface area (Å²) in [6.07, 6.45) is 5.28. The third-order valence-electron chi connectivity index (χ3n) is 2.71. The zero-order valence-electron chi connectivity index (χ0n) is 6.56. The summed E-state index contributed by atoms with van der Waals surface area (Å²) in [5, 5.41) is 3.42. The third kappa shape index (κ3) is 0.988. The second-order valence-corrected chi connectivity index (χ2v) is 3.62. The molecule has 1 heterocycles. The lowest BCUT2D eigenvalue weighted by atomic mass is 9.85. The van der Waals surface area contributed by atoms with Gasteiger partial charge >= 0.3 is 0 Å². The van der Waals surface area contributed by atoms with E-state index >= 15 is 0 Å². The molecular formula is C9H15N. The van der Waals surface area contributed by atoms with E-state index in [2.05, 4.69) is 18.3 Å².